The number of hydrogen-bond acceptors (Lipinski definition) is 5. The number of aliphatic hydroxyl groups excluding tert-OH is 2. The molecule has 0 aliphatic carbocycles. The molecule has 0 bridgehead atoms. The zero-order valence-corrected chi connectivity index (χ0v) is 26.7. The van der Waals surface area contributed by atoms with Gasteiger partial charge in [-0.25, -0.2) is 0 Å². The first kappa shape index (κ1) is 32.8. The van der Waals surface area contributed by atoms with E-state index in [0.29, 0.717) is 0 Å². The van der Waals surface area contributed by atoms with E-state index in [1.807, 2.05) is 110 Å². The summed E-state index contributed by atoms with van der Waals surface area (Å²) >= 11 is 0. The van der Waals surface area contributed by atoms with Gasteiger partial charge in [0.2, 0.25) is 0 Å². The van der Waals surface area contributed by atoms with Crippen LogP contribution in [0.15, 0.2) is 110 Å². The van der Waals surface area contributed by atoms with E-state index in [4.69, 9.17) is 5.26 Å². The lowest BCUT2D eigenvalue weighted by Crippen LogP contribution is -1.95. The molecule has 0 radical (unpaired) electrons. The van der Waals surface area contributed by atoms with Gasteiger partial charge < -0.3 is 30.5 Å². The average molecular weight is 626 g/mol. The van der Waals surface area contributed by atoms with Crippen molar-refractivity contribution in [1.82, 2.24) is 15.0 Å². The largest absolute Gasteiger partial charge is 0.389 e. The van der Waals surface area contributed by atoms with Gasteiger partial charge in [0.05, 0.1) is 23.8 Å². The number of carbonyl (C=O) groups is 1. The summed E-state index contributed by atoms with van der Waals surface area (Å²) in [5.41, 5.74) is 9.14. The fraction of sp³-hybridized carbons (Fsp3) is 0.179. The zero-order valence-electron chi connectivity index (χ0n) is 26.7. The lowest BCUT2D eigenvalue weighted by Gasteiger charge is -2.09. The minimum Gasteiger partial charge on any atom is -0.389 e. The highest BCUT2D eigenvalue weighted by Crippen LogP contribution is 2.29. The normalized spacial score (nSPS) is 12.7. The number of fused-ring (bicyclic) bond motifs is 4. The van der Waals surface area contributed by atoms with E-state index >= 15 is 0 Å². The van der Waals surface area contributed by atoms with Crippen molar-refractivity contribution in [3.63, 3.8) is 0 Å². The van der Waals surface area contributed by atoms with Crippen LogP contribution in [0, 0.1) is 11.3 Å². The maximum absolute atomic E-state index is 11.1. The fourth-order valence-corrected chi connectivity index (χ4v) is 5.81. The van der Waals surface area contributed by atoms with Gasteiger partial charge in [-0.1, -0.05) is 42.5 Å². The summed E-state index contributed by atoms with van der Waals surface area (Å²) in [6, 6.07) is 31.2. The first-order valence-electron chi connectivity index (χ1n) is 15.6. The molecule has 6 N–H and O–H groups in total. The summed E-state index contributed by atoms with van der Waals surface area (Å²) in [6.45, 7) is 6.18. The number of rotatable bonds is 3. The van der Waals surface area contributed by atoms with Crippen molar-refractivity contribution >= 4 is 44.2 Å². The molecule has 2 unspecified atom stereocenters. The molecule has 8 rings (SSSR count). The number of nitrogens with zero attached hydrogens (tertiary/aromatic N) is 1. The number of H-pyrrole nitrogens is 3. The Morgan fingerprint density at radius 1 is 0.702 bits per heavy atom. The van der Waals surface area contributed by atoms with Gasteiger partial charge >= 0.3 is 0 Å². The van der Waals surface area contributed by atoms with Gasteiger partial charge in [-0.15, -0.1) is 0 Å². The standard InChI is InChI=1S/C10H13NO.C10H11NO.C10H9NO.C9H6N2/c3*1-7(12)8-3-2-4-10-9(8)5-6-11-10;10-6-7-2-1-3-9-8(7)4-5-11-9/h2-4,7,11-12H,5-6H2,1H3;2-7,11-12H,1H3;2-6,11H,1H3;1-5,11H. The first-order chi connectivity index (χ1) is 22.8. The molecule has 4 aromatic carbocycles. The van der Waals surface area contributed by atoms with Crippen LogP contribution in [0.5, 0.6) is 0 Å². The minimum atomic E-state index is -0.399. The molecule has 1 aliphatic heterocycles. The van der Waals surface area contributed by atoms with E-state index in [1.165, 1.54) is 11.3 Å². The van der Waals surface area contributed by atoms with Gasteiger partial charge in [-0.05, 0) is 92.4 Å². The molecule has 0 saturated heterocycles. The number of nitrogens with one attached hydrogen (secondary N) is 4. The second kappa shape index (κ2) is 15.1. The Balaban J connectivity index is 0.000000123. The molecule has 8 heteroatoms. The van der Waals surface area contributed by atoms with Crippen LogP contribution in [0.3, 0.4) is 0 Å². The Hall–Kier alpha value is -5.62. The molecular formula is C39H39N5O3. The number of carbonyl (C=O) groups excluding carboxylic acids is 1. The molecule has 0 fully saturated rings. The molecule has 238 valence electrons. The van der Waals surface area contributed by atoms with Gasteiger partial charge in [0.15, 0.2) is 5.78 Å². The highest BCUT2D eigenvalue weighted by molar-refractivity contribution is 6.06. The zero-order chi connectivity index (χ0) is 33.3. The van der Waals surface area contributed by atoms with Crippen molar-refractivity contribution in [2.24, 2.45) is 0 Å². The third-order valence-corrected chi connectivity index (χ3v) is 8.12. The van der Waals surface area contributed by atoms with Gasteiger partial charge in [0.1, 0.15) is 0 Å². The van der Waals surface area contributed by atoms with E-state index in [9.17, 15) is 15.0 Å². The highest BCUT2D eigenvalue weighted by atomic mass is 16.3. The average Bonchev–Trinajstić information content (AvgIpc) is 3.90. The number of benzene rings is 4. The van der Waals surface area contributed by atoms with Crippen molar-refractivity contribution in [3.05, 3.63) is 137 Å². The van der Waals surface area contributed by atoms with E-state index in [0.717, 1.165) is 67.9 Å². The van der Waals surface area contributed by atoms with Gasteiger partial charge in [0, 0.05) is 69.1 Å². The number of Topliss-reactive ketones (excluding diaryl/α,β-unsaturated/α-hetero) is 1. The Labute approximate surface area is 273 Å². The lowest BCUT2D eigenvalue weighted by molar-refractivity contribution is 0.101. The number of nitriles is 1. The van der Waals surface area contributed by atoms with E-state index in [2.05, 4.69) is 32.4 Å². The van der Waals surface area contributed by atoms with Crippen LogP contribution >= 0.6 is 0 Å². The van der Waals surface area contributed by atoms with Crippen molar-refractivity contribution in [3.8, 4) is 6.07 Å². The number of ketones is 1. The molecule has 2 atom stereocenters. The quantitative estimate of drug-likeness (QED) is 0.110. The van der Waals surface area contributed by atoms with Crippen molar-refractivity contribution in [2.75, 3.05) is 11.9 Å². The molecule has 7 aromatic rings. The second-order valence-electron chi connectivity index (χ2n) is 11.3. The van der Waals surface area contributed by atoms with E-state index in [1.54, 1.807) is 13.8 Å². The Morgan fingerprint density at radius 2 is 1.23 bits per heavy atom. The topological polar surface area (TPSA) is 141 Å². The van der Waals surface area contributed by atoms with Crippen LogP contribution in [0.1, 0.15) is 65.6 Å². The third kappa shape index (κ3) is 7.61. The number of hydrogen-bond donors (Lipinski definition) is 6. The van der Waals surface area contributed by atoms with E-state index in [-0.39, 0.29) is 11.9 Å². The first-order valence-corrected chi connectivity index (χ1v) is 15.6. The molecular weight excluding hydrogens is 586 g/mol. The van der Waals surface area contributed by atoms with Gasteiger partial charge in [-0.3, -0.25) is 4.79 Å². The predicted octanol–water partition coefficient (Wildman–Crippen LogP) is 8.34. The van der Waals surface area contributed by atoms with Crippen LogP contribution in [0.2, 0.25) is 0 Å². The summed E-state index contributed by atoms with van der Waals surface area (Å²) in [5, 5.41) is 34.0. The predicted molar refractivity (Wildman–Crippen MR) is 190 cm³/mol. The Morgan fingerprint density at radius 3 is 1.87 bits per heavy atom. The molecule has 0 amide bonds. The van der Waals surface area contributed by atoms with Crippen molar-refractivity contribution in [1.29, 1.82) is 5.26 Å². The Kier molecular flexibility index (Phi) is 10.5. The van der Waals surface area contributed by atoms with Crippen LogP contribution in [0.4, 0.5) is 5.69 Å². The molecule has 47 heavy (non-hydrogen) atoms. The van der Waals surface area contributed by atoms with Crippen LogP contribution in [-0.2, 0) is 6.42 Å². The van der Waals surface area contributed by atoms with E-state index < -0.39 is 6.10 Å². The number of aromatic amines is 3. The Bertz CT molecular complexity index is 2140. The van der Waals surface area contributed by atoms with Gasteiger partial charge in [0.25, 0.3) is 0 Å². The lowest BCUT2D eigenvalue weighted by atomic mass is 10.0. The molecule has 3 aromatic heterocycles. The molecule has 8 nitrogen and oxygen atoms in total. The summed E-state index contributed by atoms with van der Waals surface area (Å²) < 4.78 is 0. The van der Waals surface area contributed by atoms with Crippen LogP contribution < -0.4 is 5.32 Å². The summed E-state index contributed by atoms with van der Waals surface area (Å²) in [4.78, 5) is 20.4. The maximum Gasteiger partial charge on any atom is 0.160 e. The smallest absolute Gasteiger partial charge is 0.160 e. The maximum atomic E-state index is 11.1. The number of anilines is 1. The SMILES string of the molecule is CC(=O)c1cccc2[nH]ccc12.CC(O)c1cccc2[nH]ccc12.CC(O)c1cccc2c1CCN2.N#Cc1cccc2[nH]ccc12. The molecule has 0 spiro atoms. The number of aromatic nitrogens is 3. The second-order valence-corrected chi connectivity index (χ2v) is 11.3. The van der Waals surface area contributed by atoms with Crippen molar-refractivity contribution in [2.45, 2.75) is 39.4 Å². The highest BCUT2D eigenvalue weighted by Gasteiger charge is 2.15. The summed E-state index contributed by atoms with van der Waals surface area (Å²) in [6.07, 6.45) is 5.86. The summed E-state index contributed by atoms with van der Waals surface area (Å²) in [5.74, 6) is 0.111. The summed E-state index contributed by atoms with van der Waals surface area (Å²) in [7, 11) is 0. The third-order valence-electron chi connectivity index (χ3n) is 8.12. The van der Waals surface area contributed by atoms with Crippen LogP contribution in [-0.4, -0.2) is 37.5 Å². The van der Waals surface area contributed by atoms with Crippen molar-refractivity contribution < 1.29 is 15.0 Å². The number of aliphatic hydroxyl groups is 2. The van der Waals surface area contributed by atoms with Crippen LogP contribution in [0.25, 0.3) is 32.7 Å². The molecule has 4 heterocycles. The molecule has 0 saturated carbocycles. The molecule has 1 aliphatic rings. The fourth-order valence-electron chi connectivity index (χ4n) is 5.81. The van der Waals surface area contributed by atoms with Gasteiger partial charge in [-0.2, -0.15) is 5.26 Å². The monoisotopic (exact) mass is 625 g/mol. The minimum absolute atomic E-state index is 0.111.